The summed E-state index contributed by atoms with van der Waals surface area (Å²) in [7, 11) is 3.48. The van der Waals surface area contributed by atoms with Crippen LogP contribution in [0.4, 0.5) is 5.69 Å². The molecular weight excluding hydrogens is 436 g/mol. The average Bonchev–Trinajstić information content (AvgIpc) is 3.29. The maximum atomic E-state index is 12.5. The number of hydrogen-bond acceptors (Lipinski definition) is 7. The van der Waals surface area contributed by atoms with Crippen molar-refractivity contribution in [2.45, 2.75) is 13.0 Å². The van der Waals surface area contributed by atoms with E-state index in [1.165, 1.54) is 24.0 Å². The molecule has 1 aliphatic rings. The number of anilines is 1. The molecule has 0 spiro atoms. The topological polar surface area (TPSA) is 74.8 Å². The Labute approximate surface area is 198 Å². The molecule has 8 heteroatoms. The van der Waals surface area contributed by atoms with E-state index in [0.29, 0.717) is 16.9 Å². The molecule has 0 unspecified atom stereocenters. The van der Waals surface area contributed by atoms with E-state index in [1.807, 2.05) is 5.38 Å². The van der Waals surface area contributed by atoms with Gasteiger partial charge in [0.05, 0.1) is 30.5 Å². The Bertz CT molecular complexity index is 1100. The van der Waals surface area contributed by atoms with Gasteiger partial charge in [0, 0.05) is 43.7 Å². The van der Waals surface area contributed by atoms with Crippen LogP contribution in [0.3, 0.4) is 0 Å². The molecule has 0 radical (unpaired) electrons. The minimum absolute atomic E-state index is 0.132. The predicted octanol–water partition coefficient (Wildman–Crippen LogP) is 3.53. The molecule has 3 aromatic rings. The summed E-state index contributed by atoms with van der Waals surface area (Å²) < 4.78 is 4.78. The monoisotopic (exact) mass is 464 g/mol. The van der Waals surface area contributed by atoms with Gasteiger partial charge in [-0.2, -0.15) is 0 Å². The number of ether oxygens (including phenoxy) is 1. The predicted molar refractivity (Wildman–Crippen MR) is 130 cm³/mol. The number of rotatable bonds is 7. The number of para-hydroxylation sites is 1. The third-order valence-electron chi connectivity index (χ3n) is 5.70. The molecule has 0 bridgehead atoms. The van der Waals surface area contributed by atoms with Crippen molar-refractivity contribution in [1.29, 1.82) is 0 Å². The summed E-state index contributed by atoms with van der Waals surface area (Å²) in [6.45, 7) is 5.38. The second-order valence-corrected chi connectivity index (χ2v) is 9.04. The smallest absolute Gasteiger partial charge is 0.339 e. The second kappa shape index (κ2) is 10.7. The van der Waals surface area contributed by atoms with Crippen molar-refractivity contribution in [3.8, 4) is 10.6 Å². The Hall–Kier alpha value is -3.07. The van der Waals surface area contributed by atoms with Crippen LogP contribution in [0.5, 0.6) is 0 Å². The van der Waals surface area contributed by atoms with Gasteiger partial charge in [-0.25, -0.2) is 9.78 Å². The van der Waals surface area contributed by atoms with Gasteiger partial charge in [0.15, 0.2) is 0 Å². The molecule has 0 atom stereocenters. The Balaban J connectivity index is 1.35. The highest BCUT2D eigenvalue weighted by Gasteiger charge is 2.16. The molecule has 2 heterocycles. The van der Waals surface area contributed by atoms with Crippen LogP contribution in [0.2, 0.25) is 0 Å². The second-order valence-electron chi connectivity index (χ2n) is 8.18. The van der Waals surface area contributed by atoms with Gasteiger partial charge < -0.3 is 15.0 Å². The fourth-order valence-electron chi connectivity index (χ4n) is 3.78. The molecule has 0 aliphatic carbocycles. The standard InChI is InChI=1S/C25H28N4O3S/c1-28-11-13-29(14-12-28)16-18-7-9-19(10-8-18)24-26-20(17-33-24)15-23(30)27-22-6-4-3-5-21(22)25(31)32-2/h3-10,17H,11-16H2,1-2H3,(H,27,30). The zero-order valence-electron chi connectivity index (χ0n) is 18.9. The number of carbonyl (C=O) groups is 2. The number of piperazine rings is 1. The van der Waals surface area contributed by atoms with E-state index < -0.39 is 5.97 Å². The van der Waals surface area contributed by atoms with Crippen molar-refractivity contribution in [3.63, 3.8) is 0 Å². The Morgan fingerprint density at radius 2 is 1.79 bits per heavy atom. The number of aromatic nitrogens is 1. The molecule has 1 amide bonds. The highest BCUT2D eigenvalue weighted by molar-refractivity contribution is 7.13. The summed E-state index contributed by atoms with van der Waals surface area (Å²) in [4.78, 5) is 33.9. The first-order valence-corrected chi connectivity index (χ1v) is 11.8. The lowest BCUT2D eigenvalue weighted by Crippen LogP contribution is -2.43. The van der Waals surface area contributed by atoms with Crippen LogP contribution in [-0.4, -0.2) is 67.0 Å². The number of benzene rings is 2. The Morgan fingerprint density at radius 3 is 2.52 bits per heavy atom. The van der Waals surface area contributed by atoms with Crippen LogP contribution < -0.4 is 5.32 Å². The number of nitrogens with one attached hydrogen (secondary N) is 1. The van der Waals surface area contributed by atoms with Gasteiger partial charge in [0.25, 0.3) is 0 Å². The van der Waals surface area contributed by atoms with Crippen molar-refractivity contribution in [1.82, 2.24) is 14.8 Å². The zero-order valence-corrected chi connectivity index (χ0v) is 19.7. The van der Waals surface area contributed by atoms with E-state index in [2.05, 4.69) is 51.4 Å². The third kappa shape index (κ3) is 6.04. The number of esters is 1. The van der Waals surface area contributed by atoms with Gasteiger partial charge in [0.2, 0.25) is 5.91 Å². The van der Waals surface area contributed by atoms with Crippen LogP contribution in [-0.2, 0) is 22.5 Å². The normalized spacial score (nSPS) is 14.7. The lowest BCUT2D eigenvalue weighted by molar-refractivity contribution is -0.115. The molecule has 0 saturated carbocycles. The third-order valence-corrected chi connectivity index (χ3v) is 6.64. The Kier molecular flexibility index (Phi) is 7.49. The largest absolute Gasteiger partial charge is 0.465 e. The van der Waals surface area contributed by atoms with Crippen LogP contribution >= 0.6 is 11.3 Å². The molecule has 1 fully saturated rings. The fourth-order valence-corrected chi connectivity index (χ4v) is 4.60. The van der Waals surface area contributed by atoms with E-state index in [0.717, 1.165) is 43.3 Å². The van der Waals surface area contributed by atoms with Crippen molar-refractivity contribution < 1.29 is 14.3 Å². The molecule has 2 aromatic carbocycles. The summed E-state index contributed by atoms with van der Waals surface area (Å²) in [6, 6.07) is 15.3. The van der Waals surface area contributed by atoms with E-state index in [-0.39, 0.29) is 12.3 Å². The molecule has 1 N–H and O–H groups in total. The molecule has 1 saturated heterocycles. The lowest BCUT2D eigenvalue weighted by Gasteiger charge is -2.32. The number of carbonyl (C=O) groups excluding carboxylic acids is 2. The summed E-state index contributed by atoms with van der Waals surface area (Å²) in [5, 5.41) is 5.58. The van der Waals surface area contributed by atoms with Gasteiger partial charge in [-0.05, 0) is 24.7 Å². The highest BCUT2D eigenvalue weighted by Crippen LogP contribution is 2.25. The number of nitrogens with zero attached hydrogens (tertiary/aromatic N) is 3. The van der Waals surface area contributed by atoms with Gasteiger partial charge >= 0.3 is 5.97 Å². The van der Waals surface area contributed by atoms with E-state index in [4.69, 9.17) is 4.74 Å². The maximum absolute atomic E-state index is 12.5. The average molecular weight is 465 g/mol. The van der Waals surface area contributed by atoms with Crippen LogP contribution in [0.1, 0.15) is 21.6 Å². The van der Waals surface area contributed by atoms with Gasteiger partial charge in [-0.3, -0.25) is 9.69 Å². The highest BCUT2D eigenvalue weighted by atomic mass is 32.1. The number of methoxy groups -OCH3 is 1. The summed E-state index contributed by atoms with van der Waals surface area (Å²) in [5.74, 6) is -0.719. The van der Waals surface area contributed by atoms with Gasteiger partial charge in [-0.15, -0.1) is 11.3 Å². The first-order chi connectivity index (χ1) is 16.0. The molecular formula is C25H28N4O3S. The number of thiazole rings is 1. The van der Waals surface area contributed by atoms with E-state index in [9.17, 15) is 9.59 Å². The van der Waals surface area contributed by atoms with Gasteiger partial charge in [-0.1, -0.05) is 36.4 Å². The van der Waals surface area contributed by atoms with Crippen LogP contribution in [0.15, 0.2) is 53.9 Å². The maximum Gasteiger partial charge on any atom is 0.339 e. The van der Waals surface area contributed by atoms with E-state index in [1.54, 1.807) is 24.3 Å². The molecule has 33 heavy (non-hydrogen) atoms. The number of hydrogen-bond donors (Lipinski definition) is 1. The molecule has 1 aromatic heterocycles. The quantitative estimate of drug-likeness (QED) is 0.540. The summed E-state index contributed by atoms with van der Waals surface area (Å²) in [6.07, 6.45) is 0.132. The first-order valence-electron chi connectivity index (χ1n) is 10.9. The van der Waals surface area contributed by atoms with Crippen molar-refractivity contribution in [2.24, 2.45) is 0 Å². The van der Waals surface area contributed by atoms with Crippen molar-refractivity contribution >= 4 is 28.9 Å². The molecule has 1 aliphatic heterocycles. The first kappa shape index (κ1) is 23.1. The minimum Gasteiger partial charge on any atom is -0.465 e. The van der Waals surface area contributed by atoms with Crippen molar-refractivity contribution in [3.05, 3.63) is 70.7 Å². The molecule has 172 valence electrons. The fraction of sp³-hybridized carbons (Fsp3) is 0.320. The minimum atomic E-state index is -0.488. The number of likely N-dealkylation sites (N-methyl/N-ethyl adjacent to an activating group) is 1. The molecule has 4 rings (SSSR count). The zero-order chi connectivity index (χ0) is 23.2. The SMILES string of the molecule is COC(=O)c1ccccc1NC(=O)Cc1csc(-c2ccc(CN3CCN(C)CC3)cc2)n1. The number of amides is 1. The van der Waals surface area contributed by atoms with E-state index >= 15 is 0 Å². The lowest BCUT2D eigenvalue weighted by atomic mass is 10.1. The summed E-state index contributed by atoms with van der Waals surface area (Å²) >= 11 is 1.52. The van der Waals surface area contributed by atoms with Crippen molar-refractivity contribution in [2.75, 3.05) is 45.7 Å². The van der Waals surface area contributed by atoms with Gasteiger partial charge in [0.1, 0.15) is 5.01 Å². The Morgan fingerprint density at radius 1 is 1.06 bits per heavy atom. The van der Waals surface area contributed by atoms with Crippen LogP contribution in [0, 0.1) is 0 Å². The molecule has 7 nitrogen and oxygen atoms in total. The summed E-state index contributed by atoms with van der Waals surface area (Å²) in [5.41, 5.74) is 3.79. The van der Waals surface area contributed by atoms with Crippen LogP contribution in [0.25, 0.3) is 10.6 Å².